The van der Waals surface area contributed by atoms with E-state index < -0.39 is 0 Å². The molecule has 0 spiro atoms. The normalized spacial score (nSPS) is 20.4. The summed E-state index contributed by atoms with van der Waals surface area (Å²) in [6.07, 6.45) is 14.4. The molecule has 1 nitrogen and oxygen atoms in total. The fourth-order valence-electron chi connectivity index (χ4n) is 1.16. The van der Waals surface area contributed by atoms with Crippen LogP contribution in [0.25, 0.3) is 0 Å². The van der Waals surface area contributed by atoms with Gasteiger partial charge in [0.25, 0.3) is 0 Å². The largest absolute Gasteiger partial charge is 0.458 e. The smallest absolute Gasteiger partial charge is 0.123 e. The molecule has 2 aliphatic rings. The summed E-state index contributed by atoms with van der Waals surface area (Å²) in [5.41, 5.74) is 0. The SMILES string of the molecule is C1=CC(OC2=CCC=C2)=CC1. The van der Waals surface area contributed by atoms with Crippen molar-refractivity contribution in [3.8, 4) is 0 Å². The number of ether oxygens (including phenoxy) is 1. The van der Waals surface area contributed by atoms with Crippen LogP contribution in [0.5, 0.6) is 0 Å². The van der Waals surface area contributed by atoms with E-state index >= 15 is 0 Å². The molecule has 0 N–H and O–H groups in total. The van der Waals surface area contributed by atoms with Crippen molar-refractivity contribution in [2.45, 2.75) is 12.8 Å². The van der Waals surface area contributed by atoms with E-state index in [1.165, 1.54) is 0 Å². The van der Waals surface area contributed by atoms with Crippen molar-refractivity contribution >= 4 is 0 Å². The van der Waals surface area contributed by atoms with Crippen LogP contribution >= 0.6 is 0 Å². The van der Waals surface area contributed by atoms with Crippen molar-refractivity contribution in [3.63, 3.8) is 0 Å². The summed E-state index contributed by atoms with van der Waals surface area (Å²) in [5.74, 6) is 1.95. The molecule has 11 heavy (non-hydrogen) atoms. The Morgan fingerprint density at radius 2 is 1.45 bits per heavy atom. The van der Waals surface area contributed by atoms with Gasteiger partial charge in [-0.25, -0.2) is 0 Å². The van der Waals surface area contributed by atoms with E-state index in [4.69, 9.17) is 4.74 Å². The molecule has 0 saturated heterocycles. The molecule has 2 aliphatic carbocycles. The van der Waals surface area contributed by atoms with Crippen LogP contribution in [-0.2, 0) is 4.74 Å². The molecular formula is C10H10O. The van der Waals surface area contributed by atoms with Crippen LogP contribution in [0.15, 0.2) is 48.0 Å². The standard InChI is InChI=1S/C10H10O/c1-2-6-9(5-1)11-10-7-3-4-8-10/h1,3,5-8H,2,4H2. The Morgan fingerprint density at radius 1 is 0.909 bits per heavy atom. The third-order valence-electron chi connectivity index (χ3n) is 1.71. The van der Waals surface area contributed by atoms with E-state index in [0.717, 1.165) is 24.4 Å². The molecule has 0 unspecified atom stereocenters. The second-order valence-corrected chi connectivity index (χ2v) is 2.59. The Hall–Kier alpha value is -1.24. The zero-order valence-electron chi connectivity index (χ0n) is 6.29. The van der Waals surface area contributed by atoms with Crippen LogP contribution in [-0.4, -0.2) is 0 Å². The van der Waals surface area contributed by atoms with Gasteiger partial charge < -0.3 is 4.74 Å². The minimum Gasteiger partial charge on any atom is -0.458 e. The third kappa shape index (κ3) is 1.43. The molecule has 56 valence electrons. The van der Waals surface area contributed by atoms with E-state index in [0.29, 0.717) is 0 Å². The van der Waals surface area contributed by atoms with Crippen molar-refractivity contribution in [3.05, 3.63) is 48.0 Å². The van der Waals surface area contributed by atoms with Crippen molar-refractivity contribution in [1.82, 2.24) is 0 Å². The molecule has 0 aromatic carbocycles. The van der Waals surface area contributed by atoms with Crippen LogP contribution in [0.4, 0.5) is 0 Å². The molecule has 0 fully saturated rings. The first-order valence-corrected chi connectivity index (χ1v) is 3.86. The van der Waals surface area contributed by atoms with Crippen molar-refractivity contribution in [2.75, 3.05) is 0 Å². The summed E-state index contributed by atoms with van der Waals surface area (Å²) in [4.78, 5) is 0. The van der Waals surface area contributed by atoms with E-state index in [1.54, 1.807) is 0 Å². The maximum absolute atomic E-state index is 5.52. The van der Waals surface area contributed by atoms with Crippen LogP contribution in [0, 0.1) is 0 Å². The predicted molar refractivity (Wildman–Crippen MR) is 44.8 cm³/mol. The summed E-state index contributed by atoms with van der Waals surface area (Å²) in [6.45, 7) is 0. The Kier molecular flexibility index (Phi) is 1.64. The molecule has 0 amide bonds. The van der Waals surface area contributed by atoms with Gasteiger partial charge in [0.05, 0.1) is 0 Å². The van der Waals surface area contributed by atoms with Crippen LogP contribution in [0.3, 0.4) is 0 Å². The van der Waals surface area contributed by atoms with Crippen LogP contribution < -0.4 is 0 Å². The molecule has 0 saturated carbocycles. The minimum atomic E-state index is 0.975. The highest BCUT2D eigenvalue weighted by Gasteiger charge is 2.02. The van der Waals surface area contributed by atoms with Gasteiger partial charge in [0.2, 0.25) is 0 Å². The Bertz CT molecular complexity index is 239. The first-order chi connectivity index (χ1) is 5.45. The Labute approximate surface area is 66.4 Å². The Balaban J connectivity index is 1.99. The molecule has 0 aromatic heterocycles. The van der Waals surface area contributed by atoms with E-state index in [-0.39, 0.29) is 0 Å². The quantitative estimate of drug-likeness (QED) is 0.582. The summed E-state index contributed by atoms with van der Waals surface area (Å²) < 4.78 is 5.52. The first-order valence-electron chi connectivity index (χ1n) is 3.86. The van der Waals surface area contributed by atoms with Crippen molar-refractivity contribution < 1.29 is 4.74 Å². The second kappa shape index (κ2) is 2.79. The lowest BCUT2D eigenvalue weighted by atomic mass is 10.5. The van der Waals surface area contributed by atoms with Gasteiger partial charge in [-0.1, -0.05) is 12.2 Å². The van der Waals surface area contributed by atoms with Gasteiger partial charge in [-0.2, -0.15) is 0 Å². The second-order valence-electron chi connectivity index (χ2n) is 2.59. The van der Waals surface area contributed by atoms with Gasteiger partial charge in [-0.05, 0) is 37.1 Å². The Morgan fingerprint density at radius 3 is 1.82 bits per heavy atom. The van der Waals surface area contributed by atoms with Gasteiger partial charge >= 0.3 is 0 Å². The lowest BCUT2D eigenvalue weighted by Crippen LogP contribution is -1.83. The molecule has 1 heteroatoms. The van der Waals surface area contributed by atoms with Gasteiger partial charge in [-0.15, -0.1) is 0 Å². The average molecular weight is 146 g/mol. The monoisotopic (exact) mass is 146 g/mol. The molecule has 2 rings (SSSR count). The number of hydrogen-bond donors (Lipinski definition) is 0. The minimum absolute atomic E-state index is 0.975. The number of rotatable bonds is 2. The zero-order chi connectivity index (χ0) is 7.52. The highest BCUT2D eigenvalue weighted by atomic mass is 16.5. The highest BCUT2D eigenvalue weighted by Crippen LogP contribution is 2.18. The lowest BCUT2D eigenvalue weighted by Gasteiger charge is -2.01. The molecule has 0 heterocycles. The summed E-state index contributed by atoms with van der Waals surface area (Å²) in [5, 5.41) is 0. The lowest BCUT2D eigenvalue weighted by molar-refractivity contribution is 0.337. The molecular weight excluding hydrogens is 136 g/mol. The summed E-state index contributed by atoms with van der Waals surface area (Å²) in [6, 6.07) is 0. The third-order valence-corrected chi connectivity index (χ3v) is 1.71. The van der Waals surface area contributed by atoms with Gasteiger partial charge in [0.15, 0.2) is 0 Å². The molecule has 0 aromatic rings. The van der Waals surface area contributed by atoms with Gasteiger partial charge in [-0.3, -0.25) is 0 Å². The molecule has 0 aliphatic heterocycles. The maximum atomic E-state index is 5.52. The van der Waals surface area contributed by atoms with Gasteiger partial charge in [0, 0.05) is 0 Å². The molecule has 0 radical (unpaired) electrons. The molecule has 0 bridgehead atoms. The highest BCUT2D eigenvalue weighted by molar-refractivity contribution is 5.27. The number of hydrogen-bond acceptors (Lipinski definition) is 1. The van der Waals surface area contributed by atoms with Crippen LogP contribution in [0.2, 0.25) is 0 Å². The topological polar surface area (TPSA) is 9.23 Å². The van der Waals surface area contributed by atoms with Crippen molar-refractivity contribution in [2.24, 2.45) is 0 Å². The molecule has 0 atom stereocenters. The number of allylic oxidation sites excluding steroid dienone is 6. The van der Waals surface area contributed by atoms with E-state index in [9.17, 15) is 0 Å². The maximum Gasteiger partial charge on any atom is 0.123 e. The van der Waals surface area contributed by atoms with Gasteiger partial charge in [0.1, 0.15) is 11.5 Å². The fraction of sp³-hybridized carbons (Fsp3) is 0.200. The van der Waals surface area contributed by atoms with Crippen molar-refractivity contribution in [1.29, 1.82) is 0 Å². The fourth-order valence-corrected chi connectivity index (χ4v) is 1.16. The van der Waals surface area contributed by atoms with E-state index in [2.05, 4.69) is 24.3 Å². The summed E-state index contributed by atoms with van der Waals surface area (Å²) >= 11 is 0. The summed E-state index contributed by atoms with van der Waals surface area (Å²) in [7, 11) is 0. The van der Waals surface area contributed by atoms with Crippen LogP contribution in [0.1, 0.15) is 12.8 Å². The van der Waals surface area contributed by atoms with E-state index in [1.807, 2.05) is 12.2 Å². The predicted octanol–water partition coefficient (Wildman–Crippen LogP) is 2.69. The first kappa shape index (κ1) is 6.47. The average Bonchev–Trinajstić information content (AvgIpc) is 2.60. The zero-order valence-corrected chi connectivity index (χ0v) is 6.29.